The Hall–Kier alpha value is -3.27. The Bertz CT molecular complexity index is 671. The van der Waals surface area contributed by atoms with Gasteiger partial charge in [0, 0.05) is 6.07 Å². The number of anilines is 1. The number of hydrogen-bond donors (Lipinski definition) is 1. The fourth-order valence-corrected chi connectivity index (χ4v) is 1.38. The van der Waals surface area contributed by atoms with Crippen LogP contribution < -0.4 is 5.43 Å². The predicted molar refractivity (Wildman–Crippen MR) is 73.3 cm³/mol. The molecule has 1 N–H and O–H groups in total. The SMILES string of the molecule is N#Cc1ccc(/C=N\Nc2ccc([N+](=O)[O-])cn2)cc1. The van der Waals surface area contributed by atoms with Crippen LogP contribution in [-0.4, -0.2) is 16.1 Å². The summed E-state index contributed by atoms with van der Waals surface area (Å²) in [6, 6.07) is 11.7. The molecular formula is C13H9N5O2. The Kier molecular flexibility index (Phi) is 3.99. The van der Waals surface area contributed by atoms with E-state index in [0.717, 1.165) is 11.8 Å². The summed E-state index contributed by atoms with van der Waals surface area (Å²) in [7, 11) is 0. The van der Waals surface area contributed by atoms with Crippen molar-refractivity contribution in [2.45, 2.75) is 0 Å². The number of nitriles is 1. The molecule has 1 aromatic carbocycles. The topological polar surface area (TPSA) is 104 Å². The van der Waals surface area contributed by atoms with E-state index in [-0.39, 0.29) is 5.69 Å². The monoisotopic (exact) mass is 267 g/mol. The Morgan fingerprint density at radius 1 is 1.30 bits per heavy atom. The first kappa shape index (κ1) is 13.2. The maximum Gasteiger partial charge on any atom is 0.287 e. The van der Waals surface area contributed by atoms with Crippen LogP contribution in [0.3, 0.4) is 0 Å². The molecule has 0 saturated carbocycles. The summed E-state index contributed by atoms with van der Waals surface area (Å²) in [4.78, 5) is 13.8. The van der Waals surface area contributed by atoms with Crippen LogP contribution in [0.1, 0.15) is 11.1 Å². The average molecular weight is 267 g/mol. The van der Waals surface area contributed by atoms with E-state index in [2.05, 4.69) is 15.5 Å². The van der Waals surface area contributed by atoms with Crippen molar-refractivity contribution in [1.82, 2.24) is 4.98 Å². The maximum atomic E-state index is 10.5. The molecule has 0 atom stereocenters. The lowest BCUT2D eigenvalue weighted by molar-refractivity contribution is -0.385. The number of pyridine rings is 1. The zero-order chi connectivity index (χ0) is 14.4. The molecule has 0 aliphatic carbocycles. The van der Waals surface area contributed by atoms with Gasteiger partial charge in [-0.15, -0.1) is 0 Å². The molecule has 20 heavy (non-hydrogen) atoms. The quantitative estimate of drug-likeness (QED) is 0.520. The predicted octanol–water partition coefficient (Wildman–Crippen LogP) is 2.31. The molecule has 7 heteroatoms. The number of benzene rings is 1. The average Bonchev–Trinajstić information content (AvgIpc) is 2.48. The molecular weight excluding hydrogens is 258 g/mol. The van der Waals surface area contributed by atoms with Crippen molar-refractivity contribution in [2.75, 3.05) is 5.43 Å². The van der Waals surface area contributed by atoms with Gasteiger partial charge in [0.2, 0.25) is 0 Å². The van der Waals surface area contributed by atoms with Crippen LogP contribution in [0.5, 0.6) is 0 Å². The molecule has 0 spiro atoms. The van der Waals surface area contributed by atoms with Crippen LogP contribution in [0.4, 0.5) is 11.5 Å². The summed E-state index contributed by atoms with van der Waals surface area (Å²) in [5.41, 5.74) is 3.98. The van der Waals surface area contributed by atoms with Crippen LogP contribution in [0.15, 0.2) is 47.7 Å². The van der Waals surface area contributed by atoms with E-state index >= 15 is 0 Å². The van der Waals surface area contributed by atoms with E-state index < -0.39 is 4.92 Å². The summed E-state index contributed by atoms with van der Waals surface area (Å²) < 4.78 is 0. The number of nitro groups is 1. The lowest BCUT2D eigenvalue weighted by Gasteiger charge is -1.98. The summed E-state index contributed by atoms with van der Waals surface area (Å²) in [6.45, 7) is 0. The highest BCUT2D eigenvalue weighted by atomic mass is 16.6. The number of nitrogens with zero attached hydrogens (tertiary/aromatic N) is 4. The van der Waals surface area contributed by atoms with E-state index in [1.54, 1.807) is 30.5 Å². The molecule has 2 rings (SSSR count). The van der Waals surface area contributed by atoms with Crippen LogP contribution >= 0.6 is 0 Å². The number of nitrogens with one attached hydrogen (secondary N) is 1. The third kappa shape index (κ3) is 3.36. The van der Waals surface area contributed by atoms with Crippen molar-refractivity contribution >= 4 is 17.7 Å². The van der Waals surface area contributed by atoms with Gasteiger partial charge in [-0.25, -0.2) is 4.98 Å². The lowest BCUT2D eigenvalue weighted by atomic mass is 10.2. The van der Waals surface area contributed by atoms with Crippen LogP contribution in [0.2, 0.25) is 0 Å². The van der Waals surface area contributed by atoms with Gasteiger partial charge in [0.05, 0.1) is 22.8 Å². The first-order valence-electron chi connectivity index (χ1n) is 5.59. The van der Waals surface area contributed by atoms with Gasteiger partial charge >= 0.3 is 0 Å². The van der Waals surface area contributed by atoms with Gasteiger partial charge in [0.25, 0.3) is 5.69 Å². The van der Waals surface area contributed by atoms with Crippen molar-refractivity contribution in [3.8, 4) is 6.07 Å². The molecule has 0 saturated heterocycles. The van der Waals surface area contributed by atoms with Gasteiger partial charge in [-0.3, -0.25) is 15.5 Å². The Morgan fingerprint density at radius 2 is 2.05 bits per heavy atom. The van der Waals surface area contributed by atoms with Gasteiger partial charge in [-0.2, -0.15) is 10.4 Å². The fraction of sp³-hybridized carbons (Fsp3) is 0. The normalized spacial score (nSPS) is 10.2. The molecule has 0 bridgehead atoms. The molecule has 7 nitrogen and oxygen atoms in total. The minimum absolute atomic E-state index is 0.0772. The summed E-state index contributed by atoms with van der Waals surface area (Å²) >= 11 is 0. The van der Waals surface area contributed by atoms with Crippen molar-refractivity contribution in [1.29, 1.82) is 5.26 Å². The number of aromatic nitrogens is 1. The second-order valence-electron chi connectivity index (χ2n) is 3.76. The second-order valence-corrected chi connectivity index (χ2v) is 3.76. The molecule has 0 radical (unpaired) electrons. The number of rotatable bonds is 4. The molecule has 0 aliphatic rings. The molecule has 0 unspecified atom stereocenters. The molecule has 98 valence electrons. The van der Waals surface area contributed by atoms with Crippen LogP contribution in [-0.2, 0) is 0 Å². The number of hydrazone groups is 1. The van der Waals surface area contributed by atoms with Gasteiger partial charge in [0.15, 0.2) is 0 Å². The highest BCUT2D eigenvalue weighted by molar-refractivity contribution is 5.80. The first-order chi connectivity index (χ1) is 9.69. The molecule has 0 amide bonds. The van der Waals surface area contributed by atoms with E-state index in [1.165, 1.54) is 12.1 Å². The van der Waals surface area contributed by atoms with Crippen LogP contribution in [0, 0.1) is 21.4 Å². The smallest absolute Gasteiger partial charge is 0.261 e. The van der Waals surface area contributed by atoms with Crippen LogP contribution in [0.25, 0.3) is 0 Å². The highest BCUT2D eigenvalue weighted by Gasteiger charge is 2.04. The minimum atomic E-state index is -0.517. The van der Waals surface area contributed by atoms with E-state index in [9.17, 15) is 10.1 Å². The third-order valence-electron chi connectivity index (χ3n) is 2.39. The van der Waals surface area contributed by atoms with Crippen molar-refractivity contribution in [3.63, 3.8) is 0 Å². The van der Waals surface area contributed by atoms with Gasteiger partial charge < -0.3 is 0 Å². The molecule has 2 aromatic rings. The van der Waals surface area contributed by atoms with Gasteiger partial charge in [-0.1, -0.05) is 12.1 Å². The minimum Gasteiger partial charge on any atom is -0.261 e. The zero-order valence-electron chi connectivity index (χ0n) is 10.2. The van der Waals surface area contributed by atoms with Gasteiger partial charge in [0.1, 0.15) is 12.0 Å². The second kappa shape index (κ2) is 6.06. The van der Waals surface area contributed by atoms with Crippen molar-refractivity contribution in [3.05, 3.63) is 63.8 Å². The lowest BCUT2D eigenvalue weighted by Crippen LogP contribution is -1.95. The maximum absolute atomic E-state index is 10.5. The first-order valence-corrected chi connectivity index (χ1v) is 5.59. The Morgan fingerprint density at radius 3 is 2.60 bits per heavy atom. The standard InChI is InChI=1S/C13H9N5O2/c14-7-10-1-3-11(4-2-10)8-16-17-13-6-5-12(9-15-13)18(19)20/h1-6,8-9H,(H,15,17)/b16-8-. The van der Waals surface area contributed by atoms with Gasteiger partial charge in [-0.05, 0) is 23.8 Å². The largest absolute Gasteiger partial charge is 0.287 e. The third-order valence-corrected chi connectivity index (χ3v) is 2.39. The summed E-state index contributed by atoms with van der Waals surface area (Å²) in [5, 5.41) is 23.1. The van der Waals surface area contributed by atoms with E-state index in [1.807, 2.05) is 6.07 Å². The molecule has 1 aromatic heterocycles. The zero-order valence-corrected chi connectivity index (χ0v) is 10.2. The van der Waals surface area contributed by atoms with E-state index in [4.69, 9.17) is 5.26 Å². The van der Waals surface area contributed by atoms with Crippen molar-refractivity contribution in [2.24, 2.45) is 5.10 Å². The Balaban J connectivity index is 1.98. The summed E-state index contributed by atoms with van der Waals surface area (Å²) in [5.74, 6) is 0.403. The summed E-state index contributed by atoms with van der Waals surface area (Å²) in [6.07, 6.45) is 2.71. The molecule has 0 aliphatic heterocycles. The van der Waals surface area contributed by atoms with E-state index in [0.29, 0.717) is 11.4 Å². The fourth-order valence-electron chi connectivity index (χ4n) is 1.38. The van der Waals surface area contributed by atoms with Crippen molar-refractivity contribution < 1.29 is 4.92 Å². The molecule has 0 fully saturated rings. The Labute approximate surface area is 114 Å². The molecule has 1 heterocycles. The number of hydrogen-bond acceptors (Lipinski definition) is 6. The highest BCUT2D eigenvalue weighted by Crippen LogP contribution is 2.11.